The highest BCUT2D eigenvalue weighted by atomic mass is 15.2. The van der Waals surface area contributed by atoms with Gasteiger partial charge in [0.1, 0.15) is 5.82 Å². The summed E-state index contributed by atoms with van der Waals surface area (Å²) >= 11 is 0. The van der Waals surface area contributed by atoms with E-state index in [1.54, 1.807) is 0 Å². The van der Waals surface area contributed by atoms with Crippen LogP contribution in [0.1, 0.15) is 39.2 Å². The first-order valence-corrected chi connectivity index (χ1v) is 8.42. The molecule has 2 heterocycles. The molecule has 0 aliphatic carbocycles. The molecule has 1 aromatic heterocycles. The van der Waals surface area contributed by atoms with Gasteiger partial charge in [0.2, 0.25) is 0 Å². The Morgan fingerprint density at radius 2 is 2.14 bits per heavy atom. The summed E-state index contributed by atoms with van der Waals surface area (Å²) < 4.78 is 0. The standard InChI is InChI=1S/C17H30N4/c1-4-9-18-17-12-15(7-10-19-17)13-20-11-8-16(14-20)21(5-2)6-3/h7,10,12,16H,4-6,8-9,11,13-14H2,1-3H3,(H,18,19). The van der Waals surface area contributed by atoms with Crippen LogP contribution in [-0.2, 0) is 6.54 Å². The van der Waals surface area contributed by atoms with E-state index >= 15 is 0 Å². The van der Waals surface area contributed by atoms with Crippen LogP contribution in [0.2, 0.25) is 0 Å². The molecule has 4 nitrogen and oxygen atoms in total. The Kier molecular flexibility index (Phi) is 6.46. The molecule has 4 heteroatoms. The predicted octanol–water partition coefficient (Wildman–Crippen LogP) is 2.82. The third kappa shape index (κ3) is 4.68. The third-order valence-corrected chi connectivity index (χ3v) is 4.36. The summed E-state index contributed by atoms with van der Waals surface area (Å²) in [4.78, 5) is 9.54. The zero-order valence-electron chi connectivity index (χ0n) is 13.8. The molecule has 1 aromatic rings. The molecule has 21 heavy (non-hydrogen) atoms. The van der Waals surface area contributed by atoms with E-state index in [9.17, 15) is 0 Å². The summed E-state index contributed by atoms with van der Waals surface area (Å²) in [7, 11) is 0. The molecule has 0 aromatic carbocycles. The molecule has 0 bridgehead atoms. The maximum Gasteiger partial charge on any atom is 0.126 e. The number of likely N-dealkylation sites (tertiary alicyclic amines) is 1. The number of nitrogens with zero attached hydrogens (tertiary/aromatic N) is 3. The molecule has 1 N–H and O–H groups in total. The smallest absolute Gasteiger partial charge is 0.126 e. The molecule has 1 aliphatic heterocycles. The molecule has 1 unspecified atom stereocenters. The van der Waals surface area contributed by atoms with Crippen LogP contribution in [0.25, 0.3) is 0 Å². The Morgan fingerprint density at radius 1 is 1.33 bits per heavy atom. The van der Waals surface area contributed by atoms with Crippen molar-refractivity contribution in [2.45, 2.75) is 46.2 Å². The molecule has 0 amide bonds. The minimum absolute atomic E-state index is 0.736. The quantitative estimate of drug-likeness (QED) is 0.798. The van der Waals surface area contributed by atoms with E-state index < -0.39 is 0 Å². The molecule has 118 valence electrons. The van der Waals surface area contributed by atoms with E-state index in [1.807, 2.05) is 6.20 Å². The van der Waals surface area contributed by atoms with Crippen molar-refractivity contribution in [3.63, 3.8) is 0 Å². The highest BCUT2D eigenvalue weighted by Crippen LogP contribution is 2.18. The first-order valence-electron chi connectivity index (χ1n) is 8.42. The van der Waals surface area contributed by atoms with Crippen molar-refractivity contribution in [2.75, 3.05) is 38.0 Å². The minimum Gasteiger partial charge on any atom is -0.370 e. The van der Waals surface area contributed by atoms with E-state index in [4.69, 9.17) is 0 Å². The fourth-order valence-corrected chi connectivity index (χ4v) is 3.17. The van der Waals surface area contributed by atoms with Gasteiger partial charge in [-0.3, -0.25) is 9.80 Å². The molecule has 0 radical (unpaired) electrons. The lowest BCUT2D eigenvalue weighted by atomic mass is 10.2. The predicted molar refractivity (Wildman–Crippen MR) is 89.6 cm³/mol. The van der Waals surface area contributed by atoms with Crippen LogP contribution in [0.5, 0.6) is 0 Å². The Balaban J connectivity index is 1.88. The van der Waals surface area contributed by atoms with Gasteiger partial charge in [0, 0.05) is 38.4 Å². The van der Waals surface area contributed by atoms with Crippen molar-refractivity contribution in [3.05, 3.63) is 23.9 Å². The summed E-state index contributed by atoms with van der Waals surface area (Å²) in [6.07, 6.45) is 4.35. The lowest BCUT2D eigenvalue weighted by Gasteiger charge is -2.26. The van der Waals surface area contributed by atoms with Crippen molar-refractivity contribution in [1.82, 2.24) is 14.8 Å². The molecule has 1 saturated heterocycles. The maximum absolute atomic E-state index is 4.38. The van der Waals surface area contributed by atoms with Gasteiger partial charge < -0.3 is 5.32 Å². The number of hydrogen-bond acceptors (Lipinski definition) is 4. The van der Waals surface area contributed by atoms with E-state index in [-0.39, 0.29) is 0 Å². The first kappa shape index (κ1) is 16.2. The van der Waals surface area contributed by atoms with Gasteiger partial charge in [-0.15, -0.1) is 0 Å². The number of nitrogens with one attached hydrogen (secondary N) is 1. The topological polar surface area (TPSA) is 31.4 Å². The van der Waals surface area contributed by atoms with E-state index in [0.29, 0.717) is 0 Å². The number of rotatable bonds is 8. The van der Waals surface area contributed by atoms with Crippen molar-refractivity contribution in [2.24, 2.45) is 0 Å². The highest BCUT2D eigenvalue weighted by Gasteiger charge is 2.25. The molecule has 1 fully saturated rings. The second-order valence-corrected chi connectivity index (χ2v) is 5.87. The second-order valence-electron chi connectivity index (χ2n) is 5.87. The monoisotopic (exact) mass is 290 g/mol. The van der Waals surface area contributed by atoms with Crippen LogP contribution < -0.4 is 5.32 Å². The Bertz CT molecular complexity index is 417. The van der Waals surface area contributed by atoms with Crippen LogP contribution in [-0.4, -0.2) is 53.5 Å². The Morgan fingerprint density at radius 3 is 2.86 bits per heavy atom. The first-order chi connectivity index (χ1) is 10.3. The molecule has 1 aliphatic rings. The van der Waals surface area contributed by atoms with E-state index in [0.717, 1.165) is 44.5 Å². The summed E-state index contributed by atoms with van der Waals surface area (Å²) in [5.74, 6) is 1.01. The van der Waals surface area contributed by atoms with Gasteiger partial charge >= 0.3 is 0 Å². The van der Waals surface area contributed by atoms with Crippen molar-refractivity contribution >= 4 is 5.82 Å². The van der Waals surface area contributed by atoms with Crippen LogP contribution >= 0.6 is 0 Å². The van der Waals surface area contributed by atoms with Gasteiger partial charge in [-0.05, 0) is 43.6 Å². The van der Waals surface area contributed by atoms with Gasteiger partial charge in [0.05, 0.1) is 0 Å². The molecule has 0 spiro atoms. The average molecular weight is 290 g/mol. The number of likely N-dealkylation sites (N-methyl/N-ethyl adjacent to an activating group) is 1. The Hall–Kier alpha value is -1.13. The van der Waals surface area contributed by atoms with E-state index in [1.165, 1.54) is 25.1 Å². The zero-order valence-corrected chi connectivity index (χ0v) is 13.8. The number of pyridine rings is 1. The largest absolute Gasteiger partial charge is 0.370 e. The lowest BCUT2D eigenvalue weighted by molar-refractivity contribution is 0.209. The fourth-order valence-electron chi connectivity index (χ4n) is 3.17. The number of hydrogen-bond donors (Lipinski definition) is 1. The van der Waals surface area contributed by atoms with Crippen LogP contribution in [0.3, 0.4) is 0 Å². The minimum atomic E-state index is 0.736. The van der Waals surface area contributed by atoms with Gasteiger partial charge in [-0.1, -0.05) is 20.8 Å². The van der Waals surface area contributed by atoms with Gasteiger partial charge in [0.15, 0.2) is 0 Å². The summed E-state index contributed by atoms with van der Waals surface area (Å²) in [5.41, 5.74) is 1.36. The number of aromatic nitrogens is 1. The Labute approximate surface area is 129 Å². The van der Waals surface area contributed by atoms with Crippen LogP contribution in [0, 0.1) is 0 Å². The van der Waals surface area contributed by atoms with Crippen molar-refractivity contribution in [1.29, 1.82) is 0 Å². The summed E-state index contributed by atoms with van der Waals surface area (Å²) in [5, 5.41) is 3.37. The van der Waals surface area contributed by atoms with Crippen LogP contribution in [0.15, 0.2) is 18.3 Å². The van der Waals surface area contributed by atoms with Gasteiger partial charge in [-0.25, -0.2) is 4.98 Å². The summed E-state index contributed by atoms with van der Waals surface area (Å²) in [6, 6.07) is 5.07. The maximum atomic E-state index is 4.38. The van der Waals surface area contributed by atoms with Crippen LogP contribution in [0.4, 0.5) is 5.82 Å². The molecular formula is C17H30N4. The summed E-state index contributed by atoms with van der Waals surface area (Å²) in [6.45, 7) is 13.5. The highest BCUT2D eigenvalue weighted by molar-refractivity contribution is 5.37. The lowest BCUT2D eigenvalue weighted by Crippen LogP contribution is -2.37. The third-order valence-electron chi connectivity index (χ3n) is 4.36. The van der Waals surface area contributed by atoms with Gasteiger partial charge in [-0.2, -0.15) is 0 Å². The molecule has 2 rings (SSSR count). The fraction of sp³-hybridized carbons (Fsp3) is 0.706. The molecule has 0 saturated carbocycles. The van der Waals surface area contributed by atoms with Crippen molar-refractivity contribution < 1.29 is 0 Å². The zero-order chi connectivity index (χ0) is 15.1. The molecular weight excluding hydrogens is 260 g/mol. The SMILES string of the molecule is CCCNc1cc(CN2CCC(N(CC)CC)C2)ccn1. The molecule has 1 atom stereocenters. The van der Waals surface area contributed by atoms with Gasteiger partial charge in [0.25, 0.3) is 0 Å². The normalized spacial score (nSPS) is 19.3. The average Bonchev–Trinajstić information content (AvgIpc) is 2.95. The van der Waals surface area contributed by atoms with Crippen molar-refractivity contribution in [3.8, 4) is 0 Å². The van der Waals surface area contributed by atoms with E-state index in [2.05, 4.69) is 53.0 Å². The second kappa shape index (κ2) is 8.35. The number of anilines is 1.